The molecule has 1 aromatic carbocycles. The molecular weight excluding hydrogens is 289 g/mol. The van der Waals surface area contributed by atoms with Crippen LogP contribution in [-0.2, 0) is 9.53 Å². The van der Waals surface area contributed by atoms with Crippen molar-refractivity contribution in [3.63, 3.8) is 0 Å². The van der Waals surface area contributed by atoms with E-state index in [-0.39, 0.29) is 17.9 Å². The van der Waals surface area contributed by atoms with Crippen molar-refractivity contribution in [3.8, 4) is 11.8 Å². The number of nitrogens with zero attached hydrogens (tertiary/aromatic N) is 1. The minimum absolute atomic E-state index is 0.0185. The number of halogens is 2. The van der Waals surface area contributed by atoms with Gasteiger partial charge in [0.2, 0.25) is 0 Å². The molecule has 0 aliphatic heterocycles. The smallest absolute Gasteiger partial charge is 0.332 e. The topological polar surface area (TPSA) is 76.4 Å². The van der Waals surface area contributed by atoms with Crippen molar-refractivity contribution in [1.82, 2.24) is 0 Å². The highest BCUT2D eigenvalue weighted by Crippen LogP contribution is 2.24. The maximum absolute atomic E-state index is 13.8. The lowest BCUT2D eigenvalue weighted by atomic mass is 10.0. The van der Waals surface area contributed by atoms with Crippen LogP contribution in [0.25, 0.3) is 0 Å². The second kappa shape index (κ2) is 6.87. The molecule has 0 saturated carbocycles. The minimum Gasteiger partial charge on any atom is -0.495 e. The molecule has 0 saturated heterocycles. The number of carbonyl (C=O) groups excluding carboxylic acids is 2. The molecule has 1 rings (SSSR count). The molecule has 1 aromatic rings. The maximum Gasteiger partial charge on any atom is 0.332 e. The van der Waals surface area contributed by atoms with E-state index in [1.54, 1.807) is 13.0 Å². The Kier molecular flexibility index (Phi) is 5.47. The number of rotatable bonds is 5. The van der Waals surface area contributed by atoms with E-state index in [0.29, 0.717) is 0 Å². The number of ketones is 1. The number of methoxy groups -OCH3 is 1. The largest absolute Gasteiger partial charge is 0.495 e. The van der Waals surface area contributed by atoms with Crippen molar-refractivity contribution in [2.45, 2.75) is 12.3 Å². The number of alkyl halides is 1. The van der Waals surface area contributed by atoms with E-state index in [2.05, 4.69) is 4.74 Å². The van der Waals surface area contributed by atoms with Gasteiger partial charge >= 0.3 is 5.97 Å². The summed E-state index contributed by atoms with van der Waals surface area (Å²) in [5.41, 5.74) is -0.502. The highest BCUT2D eigenvalue weighted by atomic mass is 35.5. The summed E-state index contributed by atoms with van der Waals surface area (Å²) in [6.45, 7) is 1.60. The van der Waals surface area contributed by atoms with Crippen molar-refractivity contribution in [3.05, 3.63) is 29.1 Å². The molecular formula is C13H11ClFNO4. The molecule has 0 aliphatic rings. The highest BCUT2D eigenvalue weighted by molar-refractivity contribution is 6.43. The number of hydrogen-bond acceptors (Lipinski definition) is 5. The molecule has 0 bridgehead atoms. The van der Waals surface area contributed by atoms with Gasteiger partial charge in [-0.15, -0.1) is 11.6 Å². The van der Waals surface area contributed by atoms with Crippen LogP contribution in [-0.4, -0.2) is 30.8 Å². The fourth-order valence-corrected chi connectivity index (χ4v) is 1.64. The molecule has 5 nitrogen and oxygen atoms in total. The van der Waals surface area contributed by atoms with Crippen LogP contribution in [0.15, 0.2) is 12.1 Å². The van der Waals surface area contributed by atoms with Crippen LogP contribution < -0.4 is 4.74 Å². The Hall–Kier alpha value is -2.13. The van der Waals surface area contributed by atoms with Crippen LogP contribution >= 0.6 is 11.6 Å². The van der Waals surface area contributed by atoms with Crippen molar-refractivity contribution in [2.75, 3.05) is 13.7 Å². The molecule has 0 heterocycles. The fraction of sp³-hybridized carbons (Fsp3) is 0.308. The molecule has 0 fully saturated rings. The van der Waals surface area contributed by atoms with Gasteiger partial charge in [0.15, 0.2) is 11.2 Å². The van der Waals surface area contributed by atoms with Gasteiger partial charge in [-0.3, -0.25) is 4.79 Å². The zero-order valence-corrected chi connectivity index (χ0v) is 11.5. The van der Waals surface area contributed by atoms with Crippen molar-refractivity contribution in [1.29, 1.82) is 5.26 Å². The predicted molar refractivity (Wildman–Crippen MR) is 68.3 cm³/mol. The van der Waals surface area contributed by atoms with Gasteiger partial charge in [0, 0.05) is 0 Å². The monoisotopic (exact) mass is 299 g/mol. The summed E-state index contributed by atoms with van der Waals surface area (Å²) < 4.78 is 23.2. The highest BCUT2D eigenvalue weighted by Gasteiger charge is 2.29. The van der Waals surface area contributed by atoms with E-state index in [0.717, 1.165) is 12.1 Å². The second-order valence-electron chi connectivity index (χ2n) is 3.62. The summed E-state index contributed by atoms with van der Waals surface area (Å²) in [5.74, 6) is -2.85. The van der Waals surface area contributed by atoms with Gasteiger partial charge in [-0.25, -0.2) is 9.18 Å². The summed E-state index contributed by atoms with van der Waals surface area (Å²) >= 11 is 5.64. The van der Waals surface area contributed by atoms with Crippen molar-refractivity contribution < 1.29 is 23.5 Å². The van der Waals surface area contributed by atoms with Crippen LogP contribution in [0.1, 0.15) is 22.8 Å². The first-order valence-corrected chi connectivity index (χ1v) is 6.02. The average molecular weight is 300 g/mol. The molecule has 7 heteroatoms. The lowest BCUT2D eigenvalue weighted by molar-refractivity contribution is -0.141. The van der Waals surface area contributed by atoms with Gasteiger partial charge < -0.3 is 9.47 Å². The summed E-state index contributed by atoms with van der Waals surface area (Å²) in [7, 11) is 1.27. The van der Waals surface area contributed by atoms with E-state index in [4.69, 9.17) is 21.6 Å². The Labute approximate surface area is 119 Å². The number of esters is 1. The first-order chi connectivity index (χ1) is 9.46. The van der Waals surface area contributed by atoms with Crippen LogP contribution in [0.2, 0.25) is 0 Å². The zero-order chi connectivity index (χ0) is 15.3. The number of nitriles is 1. The predicted octanol–water partition coefficient (Wildman–Crippen LogP) is 2.06. The normalized spacial score (nSPS) is 11.3. The first-order valence-electron chi connectivity index (χ1n) is 5.58. The molecule has 0 radical (unpaired) electrons. The molecule has 0 amide bonds. The standard InChI is InChI=1S/C13H11ClFNO4/c1-3-20-13(18)11(14)12(17)8-5-10(19-2)7(6-16)4-9(8)15/h4-5,11H,3H2,1-2H3. The van der Waals surface area contributed by atoms with E-state index < -0.39 is 28.5 Å². The summed E-state index contributed by atoms with van der Waals surface area (Å²) in [6, 6.07) is 3.61. The fourth-order valence-electron chi connectivity index (χ4n) is 1.46. The number of Topliss-reactive ketones (excluding diaryl/α,β-unsaturated/α-hetero) is 1. The van der Waals surface area contributed by atoms with E-state index in [9.17, 15) is 14.0 Å². The van der Waals surface area contributed by atoms with Gasteiger partial charge in [-0.05, 0) is 19.1 Å². The third-order valence-electron chi connectivity index (χ3n) is 2.40. The summed E-state index contributed by atoms with van der Waals surface area (Å²) in [5, 5.41) is 7.14. The van der Waals surface area contributed by atoms with Crippen LogP contribution in [0.3, 0.4) is 0 Å². The molecule has 20 heavy (non-hydrogen) atoms. The molecule has 1 unspecified atom stereocenters. The number of carbonyl (C=O) groups is 2. The molecule has 0 N–H and O–H groups in total. The first kappa shape index (κ1) is 15.9. The van der Waals surface area contributed by atoms with Gasteiger partial charge in [0.25, 0.3) is 0 Å². The van der Waals surface area contributed by atoms with Gasteiger partial charge in [0.1, 0.15) is 17.6 Å². The van der Waals surface area contributed by atoms with E-state index in [1.807, 2.05) is 0 Å². The molecule has 1 atom stereocenters. The Morgan fingerprint density at radius 2 is 2.15 bits per heavy atom. The number of ether oxygens (including phenoxy) is 2. The third kappa shape index (κ3) is 3.25. The lowest BCUT2D eigenvalue weighted by Gasteiger charge is -2.10. The van der Waals surface area contributed by atoms with Crippen molar-refractivity contribution in [2.24, 2.45) is 0 Å². The number of hydrogen-bond donors (Lipinski definition) is 0. The summed E-state index contributed by atoms with van der Waals surface area (Å²) in [6.07, 6.45) is 0. The second-order valence-corrected chi connectivity index (χ2v) is 4.06. The molecule has 0 aromatic heterocycles. The van der Waals surface area contributed by atoms with Crippen LogP contribution in [0.4, 0.5) is 4.39 Å². The Bertz CT molecular complexity index is 582. The molecule has 106 valence electrons. The van der Waals surface area contributed by atoms with Gasteiger partial charge in [-0.2, -0.15) is 5.26 Å². The van der Waals surface area contributed by atoms with E-state index in [1.165, 1.54) is 7.11 Å². The van der Waals surface area contributed by atoms with Gasteiger partial charge in [-0.1, -0.05) is 0 Å². The van der Waals surface area contributed by atoms with Crippen LogP contribution in [0.5, 0.6) is 5.75 Å². The number of benzene rings is 1. The molecule has 0 aliphatic carbocycles. The quantitative estimate of drug-likeness (QED) is 0.360. The Morgan fingerprint density at radius 3 is 2.65 bits per heavy atom. The maximum atomic E-state index is 13.8. The van der Waals surface area contributed by atoms with E-state index >= 15 is 0 Å². The Morgan fingerprint density at radius 1 is 1.50 bits per heavy atom. The molecule has 0 spiro atoms. The zero-order valence-electron chi connectivity index (χ0n) is 10.8. The summed E-state index contributed by atoms with van der Waals surface area (Å²) in [4.78, 5) is 23.3. The van der Waals surface area contributed by atoms with Gasteiger partial charge in [0.05, 0.1) is 24.8 Å². The van der Waals surface area contributed by atoms with Crippen LogP contribution in [0, 0.1) is 17.1 Å². The van der Waals surface area contributed by atoms with Crippen molar-refractivity contribution >= 4 is 23.4 Å². The SMILES string of the molecule is CCOC(=O)C(Cl)C(=O)c1cc(OC)c(C#N)cc1F. The third-order valence-corrected chi connectivity index (χ3v) is 2.78. The average Bonchev–Trinajstić information content (AvgIpc) is 2.45. The lowest BCUT2D eigenvalue weighted by Crippen LogP contribution is -2.27. The minimum atomic E-state index is -1.65. The Balaban J connectivity index is 3.17.